The first-order valence-electron chi connectivity index (χ1n) is 4.44. The van der Waals surface area contributed by atoms with Crippen LogP contribution >= 0.6 is 11.6 Å². The first-order chi connectivity index (χ1) is 7.35. The summed E-state index contributed by atoms with van der Waals surface area (Å²) in [4.78, 5) is 0. The molecule has 0 aliphatic heterocycles. The lowest BCUT2D eigenvalue weighted by Crippen LogP contribution is -1.98. The molecule has 0 fully saturated rings. The van der Waals surface area contributed by atoms with Crippen molar-refractivity contribution < 1.29 is 0 Å². The molecule has 0 aliphatic carbocycles. The van der Waals surface area contributed by atoms with Gasteiger partial charge in [0.15, 0.2) is 0 Å². The second kappa shape index (κ2) is 4.16. The molecule has 0 radical (unpaired) electrons. The molecule has 1 aromatic heterocycles. The molecule has 0 saturated heterocycles. The summed E-state index contributed by atoms with van der Waals surface area (Å²) >= 11 is 5.70. The van der Waals surface area contributed by atoms with Crippen LogP contribution in [0.1, 0.15) is 11.1 Å². The minimum atomic E-state index is 0.411. The van der Waals surface area contributed by atoms with Gasteiger partial charge in [-0.2, -0.15) is 10.4 Å². The lowest BCUT2D eigenvalue weighted by atomic mass is 10.1. The number of nitrogens with zero attached hydrogens (tertiary/aromatic N) is 3. The summed E-state index contributed by atoms with van der Waals surface area (Å²) < 4.78 is 1.66. The lowest BCUT2D eigenvalue weighted by Gasteiger charge is -2.05. The number of hydrogen-bond acceptors (Lipinski definition) is 2. The van der Waals surface area contributed by atoms with E-state index in [2.05, 4.69) is 11.2 Å². The normalized spacial score (nSPS) is 9.87. The number of halogens is 1. The van der Waals surface area contributed by atoms with Crippen molar-refractivity contribution in [3.8, 4) is 11.8 Å². The fraction of sp³-hybridized carbons (Fsp3) is 0.0909. The monoisotopic (exact) mass is 217 g/mol. The zero-order chi connectivity index (χ0) is 10.7. The third-order valence-corrected chi connectivity index (χ3v) is 2.40. The van der Waals surface area contributed by atoms with Crippen molar-refractivity contribution in [1.82, 2.24) is 9.78 Å². The third kappa shape index (κ3) is 1.85. The molecule has 0 unspecified atom stereocenters. The fourth-order valence-electron chi connectivity index (χ4n) is 1.37. The van der Waals surface area contributed by atoms with Crippen LogP contribution in [0.3, 0.4) is 0 Å². The van der Waals surface area contributed by atoms with E-state index in [-0.39, 0.29) is 0 Å². The van der Waals surface area contributed by atoms with Crippen LogP contribution in [0.2, 0.25) is 0 Å². The molecular weight excluding hydrogens is 210 g/mol. The van der Waals surface area contributed by atoms with Crippen LogP contribution < -0.4 is 0 Å². The van der Waals surface area contributed by atoms with Crippen molar-refractivity contribution in [1.29, 1.82) is 5.26 Å². The molecule has 1 heterocycles. The highest BCUT2D eigenvalue weighted by molar-refractivity contribution is 6.17. The number of hydrogen-bond donors (Lipinski definition) is 0. The minimum Gasteiger partial charge on any atom is -0.240 e. The predicted molar refractivity (Wildman–Crippen MR) is 57.8 cm³/mol. The minimum absolute atomic E-state index is 0.411. The van der Waals surface area contributed by atoms with Crippen molar-refractivity contribution in [3.63, 3.8) is 0 Å². The first-order valence-corrected chi connectivity index (χ1v) is 4.97. The predicted octanol–water partition coefficient (Wildman–Crippen LogP) is 2.48. The Balaban J connectivity index is 2.54. The van der Waals surface area contributed by atoms with Crippen LogP contribution in [0, 0.1) is 11.3 Å². The first kappa shape index (κ1) is 9.75. The van der Waals surface area contributed by atoms with Crippen LogP contribution in [0.4, 0.5) is 0 Å². The van der Waals surface area contributed by atoms with E-state index in [0.29, 0.717) is 11.4 Å². The van der Waals surface area contributed by atoms with E-state index in [9.17, 15) is 0 Å². The molecule has 0 amide bonds. The molecular formula is C11H8ClN3. The van der Waals surface area contributed by atoms with E-state index in [1.807, 2.05) is 18.2 Å². The molecule has 0 atom stereocenters. The summed E-state index contributed by atoms with van der Waals surface area (Å²) in [6, 6.07) is 9.48. The summed E-state index contributed by atoms with van der Waals surface area (Å²) in [5.74, 6) is 0.411. The number of benzene rings is 1. The van der Waals surface area contributed by atoms with Gasteiger partial charge in [-0.15, -0.1) is 11.6 Å². The maximum Gasteiger partial charge on any atom is 0.101 e. The van der Waals surface area contributed by atoms with E-state index in [1.165, 1.54) is 0 Å². The van der Waals surface area contributed by atoms with E-state index in [4.69, 9.17) is 16.9 Å². The molecule has 0 bridgehead atoms. The van der Waals surface area contributed by atoms with Crippen molar-refractivity contribution in [2.75, 3.05) is 0 Å². The van der Waals surface area contributed by atoms with Crippen LogP contribution in [0.5, 0.6) is 0 Å². The number of nitriles is 1. The fourth-order valence-corrected chi connectivity index (χ4v) is 1.53. The van der Waals surface area contributed by atoms with Gasteiger partial charge in [0.25, 0.3) is 0 Å². The summed E-state index contributed by atoms with van der Waals surface area (Å²) in [6.07, 6.45) is 3.48. The Morgan fingerprint density at radius 3 is 2.93 bits per heavy atom. The van der Waals surface area contributed by atoms with Crippen LogP contribution in [-0.2, 0) is 5.88 Å². The summed E-state index contributed by atoms with van der Waals surface area (Å²) in [5.41, 5.74) is 2.29. The highest BCUT2D eigenvalue weighted by Crippen LogP contribution is 2.16. The number of alkyl halides is 1. The highest BCUT2D eigenvalue weighted by Gasteiger charge is 2.05. The van der Waals surface area contributed by atoms with Gasteiger partial charge in [-0.05, 0) is 23.8 Å². The summed E-state index contributed by atoms with van der Waals surface area (Å²) in [7, 11) is 0. The van der Waals surface area contributed by atoms with Crippen LogP contribution in [0.25, 0.3) is 5.69 Å². The van der Waals surface area contributed by atoms with Crippen LogP contribution in [-0.4, -0.2) is 9.78 Å². The Kier molecular flexibility index (Phi) is 2.70. The zero-order valence-electron chi connectivity index (χ0n) is 7.89. The van der Waals surface area contributed by atoms with Crippen LogP contribution in [0.15, 0.2) is 36.7 Å². The number of aromatic nitrogens is 2. The van der Waals surface area contributed by atoms with Crippen molar-refractivity contribution in [2.24, 2.45) is 0 Å². The average molecular weight is 218 g/mol. The molecule has 15 heavy (non-hydrogen) atoms. The molecule has 3 nitrogen and oxygen atoms in total. The van der Waals surface area contributed by atoms with E-state index in [0.717, 1.165) is 11.3 Å². The molecule has 2 aromatic rings. The summed E-state index contributed by atoms with van der Waals surface area (Å²) in [5, 5.41) is 13.1. The topological polar surface area (TPSA) is 41.6 Å². The van der Waals surface area contributed by atoms with E-state index < -0.39 is 0 Å². The van der Waals surface area contributed by atoms with E-state index in [1.54, 1.807) is 23.1 Å². The largest absolute Gasteiger partial charge is 0.240 e. The van der Waals surface area contributed by atoms with Gasteiger partial charge in [-0.25, -0.2) is 4.68 Å². The Bertz CT molecular complexity index is 497. The lowest BCUT2D eigenvalue weighted by molar-refractivity contribution is 0.876. The van der Waals surface area contributed by atoms with Gasteiger partial charge < -0.3 is 0 Å². The van der Waals surface area contributed by atoms with Gasteiger partial charge in [0.2, 0.25) is 0 Å². The van der Waals surface area contributed by atoms with Crippen molar-refractivity contribution in [2.45, 2.75) is 5.88 Å². The second-order valence-electron chi connectivity index (χ2n) is 3.05. The molecule has 0 N–H and O–H groups in total. The molecule has 4 heteroatoms. The average Bonchev–Trinajstić information content (AvgIpc) is 2.81. The molecule has 0 spiro atoms. The Morgan fingerprint density at radius 1 is 1.47 bits per heavy atom. The van der Waals surface area contributed by atoms with Gasteiger partial charge >= 0.3 is 0 Å². The molecule has 0 aliphatic rings. The van der Waals surface area contributed by atoms with Gasteiger partial charge in [-0.3, -0.25) is 0 Å². The second-order valence-corrected chi connectivity index (χ2v) is 3.31. The Hall–Kier alpha value is -1.79. The number of rotatable bonds is 2. The Morgan fingerprint density at radius 2 is 2.33 bits per heavy atom. The van der Waals surface area contributed by atoms with Gasteiger partial charge in [0.05, 0.1) is 11.3 Å². The standard InChI is InChI=1S/C11H8ClN3/c12-7-9-2-3-11(10(6-9)8-13)15-5-1-4-14-15/h1-6H,7H2. The van der Waals surface area contributed by atoms with Gasteiger partial charge in [0, 0.05) is 18.3 Å². The zero-order valence-corrected chi connectivity index (χ0v) is 8.65. The van der Waals surface area contributed by atoms with E-state index >= 15 is 0 Å². The maximum atomic E-state index is 9.00. The smallest absolute Gasteiger partial charge is 0.101 e. The van der Waals surface area contributed by atoms with Gasteiger partial charge in [-0.1, -0.05) is 6.07 Å². The molecule has 0 saturated carbocycles. The highest BCUT2D eigenvalue weighted by atomic mass is 35.5. The molecule has 2 rings (SSSR count). The molecule has 1 aromatic carbocycles. The summed E-state index contributed by atoms with van der Waals surface area (Å²) in [6.45, 7) is 0. The van der Waals surface area contributed by atoms with Gasteiger partial charge in [0.1, 0.15) is 6.07 Å². The SMILES string of the molecule is N#Cc1cc(CCl)ccc1-n1cccn1. The quantitative estimate of drug-likeness (QED) is 0.726. The maximum absolute atomic E-state index is 9.00. The van der Waals surface area contributed by atoms with Crippen molar-refractivity contribution >= 4 is 11.6 Å². The Labute approximate surface area is 92.5 Å². The third-order valence-electron chi connectivity index (χ3n) is 2.09. The van der Waals surface area contributed by atoms with Crippen molar-refractivity contribution in [3.05, 3.63) is 47.8 Å². The molecule has 74 valence electrons.